The highest BCUT2D eigenvalue weighted by atomic mass is 16.6. The lowest BCUT2D eigenvalue weighted by Crippen LogP contribution is -2.61. The zero-order valence-electron chi connectivity index (χ0n) is 41.1. The number of carboxylic acids is 1. The normalized spacial score (nSPS) is 14.3. The number of rotatable bonds is 22. The molecule has 0 spiro atoms. The molecular formula is C47H75N5O13. The Hall–Kier alpha value is -5.55. The number of aliphatic carboxylic acids is 1. The Balaban J connectivity index is 3.70. The van der Waals surface area contributed by atoms with Gasteiger partial charge in [-0.05, 0) is 105 Å². The van der Waals surface area contributed by atoms with Crippen LogP contribution < -0.4 is 26.6 Å². The van der Waals surface area contributed by atoms with Gasteiger partial charge < -0.3 is 45.9 Å². The van der Waals surface area contributed by atoms with Crippen LogP contribution >= 0.6 is 0 Å². The van der Waals surface area contributed by atoms with Crippen molar-refractivity contribution >= 4 is 53.4 Å². The topological polar surface area (TPSA) is 262 Å². The lowest BCUT2D eigenvalue weighted by molar-refractivity contribution is -0.158. The van der Waals surface area contributed by atoms with E-state index in [4.69, 9.17) is 14.2 Å². The molecule has 0 aliphatic carbocycles. The molecule has 6 N–H and O–H groups in total. The van der Waals surface area contributed by atoms with E-state index in [1.165, 1.54) is 0 Å². The number of nitrogens with one attached hydrogen (secondary N) is 5. The first-order chi connectivity index (χ1) is 29.6. The molecule has 0 unspecified atom stereocenters. The Kier molecular flexibility index (Phi) is 21.8. The first-order valence-electron chi connectivity index (χ1n) is 22.0. The minimum Gasteiger partial charge on any atom is -0.480 e. The van der Waals surface area contributed by atoms with E-state index in [2.05, 4.69) is 26.6 Å². The molecule has 0 fully saturated rings. The van der Waals surface area contributed by atoms with Crippen LogP contribution in [0.15, 0.2) is 24.3 Å². The molecule has 0 saturated carbocycles. The monoisotopic (exact) mass is 918 g/mol. The van der Waals surface area contributed by atoms with Crippen molar-refractivity contribution in [2.45, 2.75) is 196 Å². The van der Waals surface area contributed by atoms with E-state index in [-0.39, 0.29) is 31.6 Å². The molecule has 0 aliphatic heterocycles. The van der Waals surface area contributed by atoms with Gasteiger partial charge in [0.15, 0.2) is 0 Å². The number of benzene rings is 1. The summed E-state index contributed by atoms with van der Waals surface area (Å²) < 4.78 is 16.1. The van der Waals surface area contributed by atoms with Crippen LogP contribution in [0, 0.1) is 18.3 Å². The maximum Gasteiger partial charge on any atom is 0.326 e. The molecule has 1 aromatic carbocycles. The van der Waals surface area contributed by atoms with Crippen molar-refractivity contribution in [3.05, 3.63) is 35.4 Å². The highest BCUT2D eigenvalue weighted by Crippen LogP contribution is 2.22. The summed E-state index contributed by atoms with van der Waals surface area (Å²) in [6, 6.07) is -0.0613. The summed E-state index contributed by atoms with van der Waals surface area (Å²) in [7, 11) is 0. The smallest absolute Gasteiger partial charge is 0.326 e. The number of carbonyl (C=O) groups excluding carboxylic acids is 8. The van der Waals surface area contributed by atoms with Crippen LogP contribution in [-0.4, -0.2) is 106 Å². The van der Waals surface area contributed by atoms with E-state index >= 15 is 0 Å². The second kappa shape index (κ2) is 24.7. The number of carboxylic acid groups (broad SMARTS) is 1. The Labute approximate surface area is 384 Å². The second-order valence-electron chi connectivity index (χ2n) is 20.7. The van der Waals surface area contributed by atoms with E-state index in [9.17, 15) is 48.3 Å². The Morgan fingerprint density at radius 3 is 1.51 bits per heavy atom. The first-order valence-corrected chi connectivity index (χ1v) is 22.0. The van der Waals surface area contributed by atoms with Gasteiger partial charge in [0.05, 0.1) is 12.8 Å². The summed E-state index contributed by atoms with van der Waals surface area (Å²) in [5, 5.41) is 22.7. The fourth-order valence-corrected chi connectivity index (χ4v) is 6.24. The third kappa shape index (κ3) is 23.8. The lowest BCUT2D eigenvalue weighted by atomic mass is 9.85. The van der Waals surface area contributed by atoms with Crippen molar-refractivity contribution in [1.29, 1.82) is 0 Å². The second-order valence-corrected chi connectivity index (χ2v) is 20.7. The van der Waals surface area contributed by atoms with Gasteiger partial charge in [0, 0.05) is 19.3 Å². The zero-order valence-corrected chi connectivity index (χ0v) is 41.1. The van der Waals surface area contributed by atoms with Crippen molar-refractivity contribution in [3.63, 3.8) is 0 Å². The summed E-state index contributed by atoms with van der Waals surface area (Å²) in [5.74, 6) is -7.91. The van der Waals surface area contributed by atoms with E-state index in [1.54, 1.807) is 128 Å². The number of amides is 5. The fourth-order valence-electron chi connectivity index (χ4n) is 6.24. The van der Waals surface area contributed by atoms with Gasteiger partial charge in [-0.15, -0.1) is 0 Å². The van der Waals surface area contributed by atoms with Crippen LogP contribution in [0.2, 0.25) is 0 Å². The van der Waals surface area contributed by atoms with Gasteiger partial charge in [-0.3, -0.25) is 38.4 Å². The number of hydrogen-bond acceptors (Lipinski definition) is 12. The molecule has 0 radical (unpaired) electrons. The quantitative estimate of drug-likeness (QED) is 0.0708. The number of aryl methyl sites for hydroxylation is 1. The minimum atomic E-state index is -1.63. The van der Waals surface area contributed by atoms with Gasteiger partial charge in [-0.2, -0.15) is 0 Å². The van der Waals surface area contributed by atoms with Gasteiger partial charge in [0.2, 0.25) is 29.5 Å². The molecule has 0 aromatic heterocycles. The van der Waals surface area contributed by atoms with Gasteiger partial charge >= 0.3 is 23.9 Å². The SMILES string of the molecule is Cc1ccccc1C[C@H](NC(=O)[C@H](CCC(=O)OC(C)(C)C)NC(=O)[C@H](CC(=O)OC(C)(C)C)NC(=O)CCC(=O)OC(C)(C)C)C(=O)N[C@H](C(=O)N[C@@H](CC(C)C)C(=O)O)C(C)(C)C. The summed E-state index contributed by atoms with van der Waals surface area (Å²) in [5.41, 5.74) is -2.23. The molecule has 65 heavy (non-hydrogen) atoms. The standard InChI is InChI=1S/C47H75N5O13/c1-27(2)24-33(43(61)62)51-42(60)38(44(4,5)6)52-41(59)31(25-29-19-17-16-18-28(29)3)50-39(57)30(20-22-35(54)63-45(7,8)9)49-40(58)32(26-37(56)65-47(13,14)15)48-34(53)21-23-36(55)64-46(10,11)12/h16-19,27,30-33,38H,20-26H2,1-15H3,(H,48,53)(H,49,58)(H,50,57)(H,51,60)(H,52,59)(H,61,62)/t30-,31-,32-,33-,38+/m0/s1. The molecule has 18 heteroatoms. The van der Waals surface area contributed by atoms with Crippen LogP contribution in [-0.2, 0) is 63.8 Å². The molecule has 366 valence electrons. The molecule has 0 bridgehead atoms. The Morgan fingerprint density at radius 1 is 0.554 bits per heavy atom. The number of carbonyl (C=O) groups is 9. The molecule has 1 aromatic rings. The van der Waals surface area contributed by atoms with E-state index < -0.39 is 125 Å². The summed E-state index contributed by atoms with van der Waals surface area (Å²) in [6.07, 6.45) is -2.17. The molecule has 18 nitrogen and oxygen atoms in total. The van der Waals surface area contributed by atoms with Gasteiger partial charge in [-0.25, -0.2) is 4.79 Å². The summed E-state index contributed by atoms with van der Waals surface area (Å²) >= 11 is 0. The molecule has 5 atom stereocenters. The number of hydrogen-bond donors (Lipinski definition) is 6. The van der Waals surface area contributed by atoms with Gasteiger partial charge in [-0.1, -0.05) is 58.9 Å². The highest BCUT2D eigenvalue weighted by molar-refractivity contribution is 5.97. The van der Waals surface area contributed by atoms with E-state index in [1.807, 2.05) is 0 Å². The predicted molar refractivity (Wildman–Crippen MR) is 242 cm³/mol. The zero-order chi connectivity index (χ0) is 50.2. The predicted octanol–water partition coefficient (Wildman–Crippen LogP) is 4.11. The third-order valence-electron chi connectivity index (χ3n) is 9.16. The summed E-state index contributed by atoms with van der Waals surface area (Å²) in [6.45, 7) is 25.2. The van der Waals surface area contributed by atoms with Crippen LogP contribution in [0.25, 0.3) is 0 Å². The Bertz CT molecular complexity index is 1850. The Morgan fingerprint density at radius 2 is 1.02 bits per heavy atom. The van der Waals surface area contributed by atoms with E-state index in [0.29, 0.717) is 5.56 Å². The van der Waals surface area contributed by atoms with Gasteiger partial charge in [0.1, 0.15) is 47.0 Å². The molecule has 0 saturated heterocycles. The fraction of sp³-hybridized carbons (Fsp3) is 0.681. The maximum atomic E-state index is 14.4. The largest absolute Gasteiger partial charge is 0.480 e. The van der Waals surface area contributed by atoms with Crippen molar-refractivity contribution < 1.29 is 62.5 Å². The highest BCUT2D eigenvalue weighted by Gasteiger charge is 2.38. The average molecular weight is 918 g/mol. The molecule has 0 heterocycles. The minimum absolute atomic E-state index is 0.0791. The van der Waals surface area contributed by atoms with E-state index in [0.717, 1.165) is 5.56 Å². The van der Waals surface area contributed by atoms with Crippen molar-refractivity contribution in [2.75, 3.05) is 0 Å². The number of esters is 3. The van der Waals surface area contributed by atoms with Crippen molar-refractivity contribution in [2.24, 2.45) is 11.3 Å². The van der Waals surface area contributed by atoms with Crippen LogP contribution in [0.3, 0.4) is 0 Å². The molecule has 5 amide bonds. The van der Waals surface area contributed by atoms with Crippen molar-refractivity contribution in [1.82, 2.24) is 26.6 Å². The first kappa shape index (κ1) is 57.5. The number of ether oxygens (including phenoxy) is 3. The average Bonchev–Trinajstić information content (AvgIpc) is 3.11. The van der Waals surface area contributed by atoms with Gasteiger partial charge in [0.25, 0.3) is 0 Å². The summed E-state index contributed by atoms with van der Waals surface area (Å²) in [4.78, 5) is 120. The third-order valence-corrected chi connectivity index (χ3v) is 9.16. The van der Waals surface area contributed by atoms with Crippen LogP contribution in [0.5, 0.6) is 0 Å². The lowest BCUT2D eigenvalue weighted by Gasteiger charge is -2.33. The molecule has 0 aliphatic rings. The molecular weight excluding hydrogens is 843 g/mol. The van der Waals surface area contributed by atoms with Crippen LogP contribution in [0.1, 0.15) is 147 Å². The van der Waals surface area contributed by atoms with Crippen molar-refractivity contribution in [3.8, 4) is 0 Å². The van der Waals surface area contributed by atoms with Crippen LogP contribution in [0.4, 0.5) is 0 Å². The molecule has 1 rings (SSSR count). The maximum absolute atomic E-state index is 14.4.